The van der Waals surface area contributed by atoms with Gasteiger partial charge in [-0.15, -0.1) is 11.3 Å². The Kier molecular flexibility index (Phi) is 5.69. The zero-order chi connectivity index (χ0) is 20.3. The molecule has 0 bridgehead atoms. The van der Waals surface area contributed by atoms with Gasteiger partial charge in [0.2, 0.25) is 0 Å². The Morgan fingerprint density at radius 3 is 2.43 bits per heavy atom. The minimum absolute atomic E-state index is 0.0662. The zero-order valence-corrected chi connectivity index (χ0v) is 14.7. The lowest BCUT2D eigenvalue weighted by Gasteiger charge is -2.05. The molecule has 0 spiro atoms. The van der Waals surface area contributed by atoms with Crippen molar-refractivity contribution in [2.24, 2.45) is 0 Å². The van der Waals surface area contributed by atoms with E-state index in [0.29, 0.717) is 6.07 Å². The summed E-state index contributed by atoms with van der Waals surface area (Å²) in [7, 11) is 0. The maximum atomic E-state index is 13.8. The number of hydrogen-bond acceptors (Lipinski definition) is 5. The summed E-state index contributed by atoms with van der Waals surface area (Å²) in [6.07, 6.45) is 0. The van der Waals surface area contributed by atoms with Crippen LogP contribution in [0.4, 0.5) is 22.7 Å². The van der Waals surface area contributed by atoms with Crippen LogP contribution in [0.3, 0.4) is 0 Å². The Hall–Kier alpha value is -3.27. The number of carbonyl (C=O) groups excluding carboxylic acids is 2. The smallest absolute Gasteiger partial charge is 0.338 e. The lowest BCUT2D eigenvalue weighted by atomic mass is 10.1. The molecule has 10 heteroatoms. The summed E-state index contributed by atoms with van der Waals surface area (Å²) < 4.78 is 57.9. The molecule has 1 amide bonds. The molecule has 5 nitrogen and oxygen atoms in total. The van der Waals surface area contributed by atoms with Gasteiger partial charge in [-0.05, 0) is 30.3 Å². The van der Waals surface area contributed by atoms with Crippen LogP contribution in [0.5, 0.6) is 0 Å². The van der Waals surface area contributed by atoms with Crippen molar-refractivity contribution >= 4 is 28.3 Å². The van der Waals surface area contributed by atoms with Gasteiger partial charge in [-0.3, -0.25) is 10.1 Å². The molecule has 28 heavy (non-hydrogen) atoms. The second-order valence-corrected chi connectivity index (χ2v) is 6.30. The van der Waals surface area contributed by atoms with Gasteiger partial charge in [0.25, 0.3) is 5.91 Å². The molecule has 0 radical (unpaired) electrons. The van der Waals surface area contributed by atoms with E-state index in [4.69, 9.17) is 0 Å². The van der Waals surface area contributed by atoms with Crippen molar-refractivity contribution in [3.8, 4) is 11.3 Å². The monoisotopic (exact) mass is 410 g/mol. The van der Waals surface area contributed by atoms with E-state index in [1.165, 1.54) is 5.38 Å². The molecular formula is C18H10F4N2O3S. The first-order chi connectivity index (χ1) is 13.3. The van der Waals surface area contributed by atoms with Gasteiger partial charge in [0.05, 0.1) is 11.3 Å². The summed E-state index contributed by atoms with van der Waals surface area (Å²) in [5.74, 6) is -5.11. The number of rotatable bonds is 5. The Labute approximate surface area is 159 Å². The topological polar surface area (TPSA) is 68.3 Å². The molecule has 0 aliphatic heterocycles. The number of benzene rings is 2. The largest absolute Gasteiger partial charge is 0.452 e. The van der Waals surface area contributed by atoms with Crippen LogP contribution in [0.15, 0.2) is 41.8 Å². The Morgan fingerprint density at radius 1 is 1.00 bits per heavy atom. The van der Waals surface area contributed by atoms with Gasteiger partial charge in [-0.25, -0.2) is 27.3 Å². The number of aromatic nitrogens is 1. The summed E-state index contributed by atoms with van der Waals surface area (Å²) >= 11 is 0.950. The molecule has 2 aromatic carbocycles. The zero-order valence-electron chi connectivity index (χ0n) is 13.8. The summed E-state index contributed by atoms with van der Waals surface area (Å²) in [4.78, 5) is 27.6. The van der Waals surface area contributed by atoms with Crippen LogP contribution in [0.25, 0.3) is 11.3 Å². The lowest BCUT2D eigenvalue weighted by molar-refractivity contribution is -0.119. The van der Waals surface area contributed by atoms with Crippen LogP contribution in [0, 0.1) is 23.3 Å². The van der Waals surface area contributed by atoms with Gasteiger partial charge in [-0.2, -0.15) is 0 Å². The Balaban J connectivity index is 1.60. The summed E-state index contributed by atoms with van der Waals surface area (Å²) in [6, 6.07) is 5.01. The van der Waals surface area contributed by atoms with E-state index in [-0.39, 0.29) is 22.0 Å². The number of anilines is 1. The molecule has 0 atom stereocenters. The van der Waals surface area contributed by atoms with Crippen molar-refractivity contribution in [1.29, 1.82) is 0 Å². The van der Waals surface area contributed by atoms with Crippen LogP contribution in [-0.2, 0) is 9.53 Å². The lowest BCUT2D eigenvalue weighted by Crippen LogP contribution is -2.21. The first kappa shape index (κ1) is 19.5. The number of amides is 1. The van der Waals surface area contributed by atoms with E-state index < -0.39 is 41.8 Å². The van der Waals surface area contributed by atoms with E-state index in [2.05, 4.69) is 15.0 Å². The van der Waals surface area contributed by atoms with Crippen LogP contribution in [0.2, 0.25) is 0 Å². The van der Waals surface area contributed by atoms with Crippen LogP contribution in [-0.4, -0.2) is 23.5 Å². The van der Waals surface area contributed by atoms with Crippen molar-refractivity contribution in [2.75, 3.05) is 11.9 Å². The molecule has 0 saturated carbocycles. The summed E-state index contributed by atoms with van der Waals surface area (Å²) in [5.41, 5.74) is -0.343. The van der Waals surface area contributed by atoms with Crippen LogP contribution >= 0.6 is 11.3 Å². The molecule has 0 aliphatic rings. The van der Waals surface area contributed by atoms with E-state index in [9.17, 15) is 27.2 Å². The van der Waals surface area contributed by atoms with Crippen molar-refractivity contribution in [2.45, 2.75) is 0 Å². The van der Waals surface area contributed by atoms with Crippen molar-refractivity contribution in [3.05, 3.63) is 70.6 Å². The van der Waals surface area contributed by atoms with E-state index in [1.807, 2.05) is 0 Å². The molecule has 144 valence electrons. The molecule has 0 aliphatic carbocycles. The number of nitrogens with one attached hydrogen (secondary N) is 1. The number of nitrogens with zero attached hydrogens (tertiary/aromatic N) is 1. The molecule has 3 aromatic rings. The minimum Gasteiger partial charge on any atom is -0.452 e. The molecule has 1 aromatic heterocycles. The number of ether oxygens (including phenoxy) is 1. The molecule has 1 N–H and O–H groups in total. The standard InChI is InChI=1S/C18H10F4N2O3S/c19-10-1-2-14(22)13(6-10)15-8-28-18(23-15)24-16(25)7-27-17(26)9-3-11(20)5-12(21)4-9/h1-6,8H,7H2,(H,23,24,25). The predicted octanol–water partition coefficient (Wildman–Crippen LogP) is 4.16. The normalized spacial score (nSPS) is 10.6. The van der Waals surface area contributed by atoms with Crippen molar-refractivity contribution in [3.63, 3.8) is 0 Å². The highest BCUT2D eigenvalue weighted by atomic mass is 32.1. The molecule has 3 rings (SSSR count). The van der Waals surface area contributed by atoms with E-state index in [1.54, 1.807) is 0 Å². The maximum absolute atomic E-state index is 13.8. The van der Waals surface area contributed by atoms with E-state index >= 15 is 0 Å². The fourth-order valence-electron chi connectivity index (χ4n) is 2.19. The van der Waals surface area contributed by atoms with Gasteiger partial charge in [0, 0.05) is 17.0 Å². The number of halogens is 4. The third-order valence-electron chi connectivity index (χ3n) is 3.39. The fourth-order valence-corrected chi connectivity index (χ4v) is 2.92. The quantitative estimate of drug-likeness (QED) is 0.507. The number of carbonyl (C=O) groups is 2. The highest BCUT2D eigenvalue weighted by Crippen LogP contribution is 2.27. The highest BCUT2D eigenvalue weighted by Gasteiger charge is 2.15. The first-order valence-corrected chi connectivity index (χ1v) is 8.54. The van der Waals surface area contributed by atoms with Gasteiger partial charge < -0.3 is 4.74 Å². The molecular weight excluding hydrogens is 400 g/mol. The summed E-state index contributed by atoms with van der Waals surface area (Å²) in [5, 5.41) is 3.80. The average molecular weight is 410 g/mol. The third kappa shape index (κ3) is 4.71. The highest BCUT2D eigenvalue weighted by molar-refractivity contribution is 7.14. The maximum Gasteiger partial charge on any atom is 0.338 e. The Bertz CT molecular complexity index is 1030. The minimum atomic E-state index is -1.09. The van der Waals surface area contributed by atoms with Gasteiger partial charge in [0.15, 0.2) is 11.7 Å². The number of thiazole rings is 1. The van der Waals surface area contributed by atoms with E-state index in [0.717, 1.165) is 41.7 Å². The Morgan fingerprint density at radius 2 is 1.71 bits per heavy atom. The predicted molar refractivity (Wildman–Crippen MR) is 92.7 cm³/mol. The molecule has 1 heterocycles. The molecule has 0 saturated heterocycles. The number of hydrogen-bond donors (Lipinski definition) is 1. The molecule has 0 unspecified atom stereocenters. The fraction of sp³-hybridized carbons (Fsp3) is 0.0556. The second kappa shape index (κ2) is 8.17. The van der Waals surface area contributed by atoms with Gasteiger partial charge in [-0.1, -0.05) is 0 Å². The first-order valence-electron chi connectivity index (χ1n) is 7.66. The van der Waals surface area contributed by atoms with Crippen LogP contribution in [0.1, 0.15) is 10.4 Å². The SMILES string of the molecule is O=C(COC(=O)c1cc(F)cc(F)c1)Nc1nc(-c2cc(F)ccc2F)cs1. The average Bonchev–Trinajstić information content (AvgIpc) is 3.09. The van der Waals surface area contributed by atoms with Gasteiger partial charge >= 0.3 is 5.97 Å². The van der Waals surface area contributed by atoms with Crippen LogP contribution < -0.4 is 5.32 Å². The summed E-state index contributed by atoms with van der Waals surface area (Å²) in [6.45, 7) is -0.736. The third-order valence-corrected chi connectivity index (χ3v) is 4.15. The van der Waals surface area contributed by atoms with Crippen molar-refractivity contribution < 1.29 is 31.9 Å². The van der Waals surface area contributed by atoms with Crippen molar-refractivity contribution in [1.82, 2.24) is 4.98 Å². The molecule has 0 fully saturated rings. The second-order valence-electron chi connectivity index (χ2n) is 5.44. The number of esters is 1. The van der Waals surface area contributed by atoms with Gasteiger partial charge in [0.1, 0.15) is 23.3 Å².